The van der Waals surface area contributed by atoms with Crippen LogP contribution in [0.1, 0.15) is 35.5 Å². The van der Waals surface area contributed by atoms with Gasteiger partial charge in [-0.3, -0.25) is 19.0 Å². The van der Waals surface area contributed by atoms with Crippen LogP contribution < -0.4 is 17.0 Å². The molecular formula is C21H21N5O7. The number of aromatic hydroxyl groups is 1. The molecule has 0 amide bonds. The summed E-state index contributed by atoms with van der Waals surface area (Å²) in [4.78, 5) is 54.5. The number of carboxylic acids is 1. The summed E-state index contributed by atoms with van der Waals surface area (Å²) in [5.41, 5.74) is 3.01. The fraction of sp³-hybridized carbons (Fsp3) is 0.333. The predicted octanol–water partition coefficient (Wildman–Crippen LogP) is 0.458. The topological polar surface area (TPSA) is 184 Å². The summed E-state index contributed by atoms with van der Waals surface area (Å²) in [6, 6.07) is 4.00. The number of ketones is 1. The molecule has 1 aliphatic rings. The number of rotatable bonds is 8. The van der Waals surface area contributed by atoms with Crippen LogP contribution in [0.25, 0.3) is 17.1 Å². The minimum Gasteiger partial charge on any atom is -0.494 e. The van der Waals surface area contributed by atoms with Crippen molar-refractivity contribution in [3.05, 3.63) is 56.6 Å². The lowest BCUT2D eigenvalue weighted by molar-refractivity contribution is -0.137. The Kier molecular flexibility index (Phi) is 5.68. The molecule has 1 aliphatic carbocycles. The van der Waals surface area contributed by atoms with E-state index in [1.165, 1.54) is 12.1 Å². The minimum absolute atomic E-state index is 0.0436. The van der Waals surface area contributed by atoms with Gasteiger partial charge >= 0.3 is 11.7 Å². The highest BCUT2D eigenvalue weighted by atomic mass is 16.5. The van der Waals surface area contributed by atoms with Crippen molar-refractivity contribution in [3.8, 4) is 23.0 Å². The molecule has 4 N–H and O–H groups in total. The van der Waals surface area contributed by atoms with Crippen LogP contribution in [0.3, 0.4) is 0 Å². The van der Waals surface area contributed by atoms with E-state index in [1.54, 1.807) is 19.1 Å². The Morgan fingerprint density at radius 1 is 1.30 bits per heavy atom. The molecule has 0 spiro atoms. The van der Waals surface area contributed by atoms with E-state index in [1.807, 2.05) is 0 Å². The van der Waals surface area contributed by atoms with Gasteiger partial charge in [0.05, 0.1) is 5.69 Å². The van der Waals surface area contributed by atoms with Gasteiger partial charge in [-0.1, -0.05) is 30.1 Å². The molecule has 4 rings (SSSR count). The summed E-state index contributed by atoms with van der Waals surface area (Å²) < 4.78 is 6.56. The number of carboxylic acid groups (broad SMARTS) is 1. The number of Topliss-reactive ketones (excluding diaryl/α,β-unsaturated/α-hetero) is 1. The predicted molar refractivity (Wildman–Crippen MR) is 113 cm³/mol. The van der Waals surface area contributed by atoms with Crippen LogP contribution in [0.2, 0.25) is 0 Å². The second-order valence-electron chi connectivity index (χ2n) is 7.87. The highest BCUT2D eigenvalue weighted by Gasteiger charge is 2.32. The third-order valence-corrected chi connectivity index (χ3v) is 5.46. The van der Waals surface area contributed by atoms with Gasteiger partial charge in [-0.25, -0.2) is 9.36 Å². The summed E-state index contributed by atoms with van der Waals surface area (Å²) in [7, 11) is 0. The van der Waals surface area contributed by atoms with Crippen molar-refractivity contribution in [2.45, 2.75) is 38.8 Å². The third kappa shape index (κ3) is 4.20. The van der Waals surface area contributed by atoms with Gasteiger partial charge in [0.15, 0.2) is 6.04 Å². The largest absolute Gasteiger partial charge is 0.494 e. The van der Waals surface area contributed by atoms with Crippen molar-refractivity contribution in [2.24, 2.45) is 11.7 Å². The summed E-state index contributed by atoms with van der Waals surface area (Å²) in [6.07, 6.45) is 2.51. The summed E-state index contributed by atoms with van der Waals surface area (Å²) in [6.45, 7) is 1.65. The fourth-order valence-electron chi connectivity index (χ4n) is 3.47. The van der Waals surface area contributed by atoms with Gasteiger partial charge in [0, 0.05) is 19.0 Å². The molecule has 172 valence electrons. The molecule has 1 unspecified atom stereocenters. The summed E-state index contributed by atoms with van der Waals surface area (Å²) in [5, 5.41) is 23.6. The molecule has 2 aromatic heterocycles. The molecule has 1 aromatic carbocycles. The summed E-state index contributed by atoms with van der Waals surface area (Å²) in [5.74, 6) is -2.95. The molecule has 12 heteroatoms. The Labute approximate surface area is 185 Å². The normalized spacial score (nSPS) is 14.2. The van der Waals surface area contributed by atoms with E-state index < -0.39 is 40.5 Å². The first-order valence-electron chi connectivity index (χ1n) is 10.2. The Balaban J connectivity index is 1.92. The average Bonchev–Trinajstić information content (AvgIpc) is 3.50. The van der Waals surface area contributed by atoms with E-state index in [0.717, 1.165) is 17.4 Å². The highest BCUT2D eigenvalue weighted by molar-refractivity contribution is 6.12. The van der Waals surface area contributed by atoms with Crippen molar-refractivity contribution < 1.29 is 24.3 Å². The SMILES string of the molecule is Cc1nc(-c2cccc(-n3c(=O)c(C(=O)C(N)C(=O)O)c(O)n(CCC4CC4)c3=O)c2)no1. The van der Waals surface area contributed by atoms with Gasteiger partial charge in [0.25, 0.3) is 5.56 Å². The van der Waals surface area contributed by atoms with Gasteiger partial charge in [-0.2, -0.15) is 4.98 Å². The minimum atomic E-state index is -2.08. The van der Waals surface area contributed by atoms with Crippen LogP contribution in [0.15, 0.2) is 38.4 Å². The van der Waals surface area contributed by atoms with Crippen LogP contribution in [0.4, 0.5) is 0 Å². The molecule has 0 bridgehead atoms. The van der Waals surface area contributed by atoms with Gasteiger partial charge in [0.2, 0.25) is 23.4 Å². The molecule has 1 fully saturated rings. The highest BCUT2D eigenvalue weighted by Crippen LogP contribution is 2.33. The van der Waals surface area contributed by atoms with Crippen LogP contribution >= 0.6 is 0 Å². The molecule has 1 saturated carbocycles. The smallest absolute Gasteiger partial charge is 0.338 e. The Bertz CT molecular complexity index is 1370. The molecule has 1 atom stereocenters. The second-order valence-corrected chi connectivity index (χ2v) is 7.87. The van der Waals surface area contributed by atoms with Gasteiger partial charge in [-0.05, 0) is 24.5 Å². The Morgan fingerprint density at radius 2 is 2.03 bits per heavy atom. The number of carbonyl (C=O) groups is 2. The van der Waals surface area contributed by atoms with E-state index in [0.29, 0.717) is 28.4 Å². The molecule has 0 aliphatic heterocycles. The van der Waals surface area contributed by atoms with Crippen molar-refractivity contribution in [1.29, 1.82) is 0 Å². The number of aromatic nitrogens is 4. The Hall–Kier alpha value is -4.06. The molecule has 0 radical (unpaired) electrons. The zero-order valence-electron chi connectivity index (χ0n) is 17.6. The lowest BCUT2D eigenvalue weighted by atomic mass is 10.1. The van der Waals surface area contributed by atoms with Gasteiger partial charge < -0.3 is 20.5 Å². The maximum absolute atomic E-state index is 13.2. The maximum Gasteiger partial charge on any atom is 0.338 e. The number of nitrogens with zero attached hydrogens (tertiary/aromatic N) is 4. The summed E-state index contributed by atoms with van der Waals surface area (Å²) >= 11 is 0. The molecular weight excluding hydrogens is 434 g/mol. The van der Waals surface area contributed by atoms with Crippen LogP contribution in [0.5, 0.6) is 5.88 Å². The zero-order valence-corrected chi connectivity index (χ0v) is 17.6. The Morgan fingerprint density at radius 3 is 2.64 bits per heavy atom. The van der Waals surface area contributed by atoms with Crippen molar-refractivity contribution >= 4 is 11.8 Å². The number of benzene rings is 1. The number of nitrogens with two attached hydrogens (primary N) is 1. The van der Waals surface area contributed by atoms with E-state index in [9.17, 15) is 24.3 Å². The van der Waals surface area contributed by atoms with Gasteiger partial charge in [-0.15, -0.1) is 0 Å². The molecule has 12 nitrogen and oxygen atoms in total. The van der Waals surface area contributed by atoms with Crippen LogP contribution in [-0.4, -0.2) is 47.3 Å². The number of hydrogen-bond donors (Lipinski definition) is 3. The van der Waals surface area contributed by atoms with Crippen LogP contribution in [0, 0.1) is 12.8 Å². The maximum atomic E-state index is 13.2. The quantitative estimate of drug-likeness (QED) is 0.318. The molecule has 3 aromatic rings. The monoisotopic (exact) mass is 455 g/mol. The standard InChI is InChI=1S/C21H21N5O7/c1-10-23-17(24-33-10)12-3-2-4-13(9-12)26-19(29)14(16(27)15(22)20(30)31)18(28)25(21(26)32)8-7-11-5-6-11/h2-4,9,11,15,28H,5-8,22H2,1H3,(H,30,31). The molecule has 0 saturated heterocycles. The lowest BCUT2D eigenvalue weighted by Gasteiger charge is -2.16. The van der Waals surface area contributed by atoms with E-state index in [2.05, 4.69) is 10.1 Å². The van der Waals surface area contributed by atoms with E-state index in [-0.39, 0.29) is 18.1 Å². The number of hydrogen-bond acceptors (Lipinski definition) is 9. The van der Waals surface area contributed by atoms with E-state index in [4.69, 9.17) is 15.4 Å². The zero-order chi connectivity index (χ0) is 23.9. The first-order valence-corrected chi connectivity index (χ1v) is 10.2. The molecule has 33 heavy (non-hydrogen) atoms. The lowest BCUT2D eigenvalue weighted by Crippen LogP contribution is -2.46. The number of aryl methyl sites for hydroxylation is 1. The van der Waals surface area contributed by atoms with Crippen LogP contribution in [-0.2, 0) is 11.3 Å². The van der Waals surface area contributed by atoms with Crippen molar-refractivity contribution in [2.75, 3.05) is 0 Å². The average molecular weight is 455 g/mol. The first kappa shape index (κ1) is 22.1. The third-order valence-electron chi connectivity index (χ3n) is 5.46. The first-order chi connectivity index (χ1) is 15.7. The molecule has 2 heterocycles. The fourth-order valence-corrected chi connectivity index (χ4v) is 3.47. The second kappa shape index (κ2) is 8.47. The van der Waals surface area contributed by atoms with Gasteiger partial charge in [0.1, 0.15) is 5.56 Å². The number of aliphatic carboxylic acids is 1. The number of carbonyl (C=O) groups excluding carboxylic acids is 1. The van der Waals surface area contributed by atoms with Crippen molar-refractivity contribution in [1.82, 2.24) is 19.3 Å². The van der Waals surface area contributed by atoms with Crippen molar-refractivity contribution in [3.63, 3.8) is 0 Å². The van der Waals surface area contributed by atoms with E-state index >= 15 is 0 Å².